The van der Waals surface area contributed by atoms with Gasteiger partial charge in [-0.2, -0.15) is 0 Å². The van der Waals surface area contributed by atoms with Gasteiger partial charge in [-0.05, 0) is 40.2 Å². The predicted molar refractivity (Wildman–Crippen MR) is 74.5 cm³/mol. The lowest BCUT2D eigenvalue weighted by atomic mass is 10.0. The molecular formula is C15H21NO3. The van der Waals surface area contributed by atoms with Crippen molar-refractivity contribution < 1.29 is 14.3 Å². The van der Waals surface area contributed by atoms with Crippen LogP contribution in [0.15, 0.2) is 18.2 Å². The molecule has 4 nitrogen and oxygen atoms in total. The predicted octanol–water partition coefficient (Wildman–Crippen LogP) is 3.01. The number of rotatable bonds is 3. The van der Waals surface area contributed by atoms with Crippen molar-refractivity contribution in [2.24, 2.45) is 0 Å². The third-order valence-corrected chi connectivity index (χ3v) is 2.47. The first-order valence-electron chi connectivity index (χ1n) is 6.26. The molecule has 0 aromatic heterocycles. The molecule has 0 saturated heterocycles. The molecule has 0 aliphatic heterocycles. The fourth-order valence-corrected chi connectivity index (χ4v) is 1.69. The molecular weight excluding hydrogens is 242 g/mol. The highest BCUT2D eigenvalue weighted by Gasteiger charge is 2.17. The summed E-state index contributed by atoms with van der Waals surface area (Å²) in [6, 6.07) is 5.61. The van der Waals surface area contributed by atoms with Crippen molar-refractivity contribution in [3.8, 4) is 0 Å². The molecule has 0 fully saturated rings. The number of Topliss-reactive ketones (excluding diaryl/α,β-unsaturated/α-hetero) is 1. The fraction of sp³-hybridized carbons (Fsp3) is 0.467. The number of alkyl carbamates (subject to hydrolysis) is 1. The van der Waals surface area contributed by atoms with Crippen molar-refractivity contribution in [3.63, 3.8) is 0 Å². The molecule has 0 aliphatic rings. The summed E-state index contributed by atoms with van der Waals surface area (Å²) < 4.78 is 5.07. The molecule has 0 radical (unpaired) electrons. The van der Waals surface area contributed by atoms with E-state index in [1.807, 2.05) is 26.0 Å². The Kier molecular flexibility index (Phi) is 4.70. The Morgan fingerprint density at radius 2 is 1.84 bits per heavy atom. The van der Waals surface area contributed by atoms with Crippen LogP contribution in [0.1, 0.15) is 42.3 Å². The summed E-state index contributed by atoms with van der Waals surface area (Å²) in [5.41, 5.74) is 2.08. The van der Waals surface area contributed by atoms with Crippen molar-refractivity contribution in [2.75, 3.05) is 6.54 Å². The summed E-state index contributed by atoms with van der Waals surface area (Å²) in [6.45, 7) is 9.13. The zero-order valence-corrected chi connectivity index (χ0v) is 12.2. The first-order chi connectivity index (χ1) is 8.69. The van der Waals surface area contributed by atoms with Crippen LogP contribution in [-0.4, -0.2) is 24.0 Å². The molecule has 4 heteroatoms. The van der Waals surface area contributed by atoms with Crippen LogP contribution in [0, 0.1) is 13.8 Å². The van der Waals surface area contributed by atoms with E-state index in [0.717, 1.165) is 11.1 Å². The fourth-order valence-electron chi connectivity index (χ4n) is 1.69. The van der Waals surface area contributed by atoms with Crippen LogP contribution in [0.3, 0.4) is 0 Å². The van der Waals surface area contributed by atoms with Crippen molar-refractivity contribution >= 4 is 11.9 Å². The molecule has 0 atom stereocenters. The number of ether oxygens (including phenoxy) is 1. The van der Waals surface area contributed by atoms with Gasteiger partial charge in [0.15, 0.2) is 5.78 Å². The minimum absolute atomic E-state index is 0.0567. The lowest BCUT2D eigenvalue weighted by molar-refractivity contribution is 0.0520. The third-order valence-electron chi connectivity index (χ3n) is 2.47. The molecule has 1 N–H and O–H groups in total. The molecule has 1 aromatic rings. The maximum absolute atomic E-state index is 12.0. The Morgan fingerprint density at radius 3 is 2.37 bits per heavy atom. The van der Waals surface area contributed by atoms with Crippen LogP contribution >= 0.6 is 0 Å². The van der Waals surface area contributed by atoms with Crippen LogP contribution in [0.5, 0.6) is 0 Å². The van der Waals surface area contributed by atoms with E-state index in [0.29, 0.717) is 5.56 Å². The molecule has 0 bridgehead atoms. The molecule has 0 spiro atoms. The second-order valence-electron chi connectivity index (χ2n) is 5.60. The van der Waals surface area contributed by atoms with E-state index in [9.17, 15) is 9.59 Å². The van der Waals surface area contributed by atoms with E-state index in [4.69, 9.17) is 4.74 Å². The molecule has 1 aromatic carbocycles. The molecule has 1 rings (SSSR count). The first kappa shape index (κ1) is 15.2. The van der Waals surface area contributed by atoms with Gasteiger partial charge in [-0.15, -0.1) is 0 Å². The van der Waals surface area contributed by atoms with Crippen LogP contribution in [-0.2, 0) is 4.74 Å². The smallest absolute Gasteiger partial charge is 0.408 e. The number of aryl methyl sites for hydroxylation is 2. The Morgan fingerprint density at radius 1 is 1.21 bits per heavy atom. The Hall–Kier alpha value is -1.84. The summed E-state index contributed by atoms with van der Waals surface area (Å²) in [5.74, 6) is -0.122. The van der Waals surface area contributed by atoms with E-state index in [1.165, 1.54) is 0 Å². The zero-order valence-electron chi connectivity index (χ0n) is 12.2. The molecule has 19 heavy (non-hydrogen) atoms. The largest absolute Gasteiger partial charge is 0.444 e. The van der Waals surface area contributed by atoms with Crippen LogP contribution in [0.4, 0.5) is 4.79 Å². The van der Waals surface area contributed by atoms with E-state index < -0.39 is 11.7 Å². The summed E-state index contributed by atoms with van der Waals surface area (Å²) >= 11 is 0. The maximum atomic E-state index is 12.0. The van der Waals surface area contributed by atoms with Gasteiger partial charge in [0.1, 0.15) is 5.60 Å². The monoisotopic (exact) mass is 263 g/mol. The quantitative estimate of drug-likeness (QED) is 0.853. The SMILES string of the molecule is Cc1ccc(C(=O)CNC(=O)OC(C)(C)C)c(C)c1. The summed E-state index contributed by atoms with van der Waals surface area (Å²) in [5, 5.41) is 2.47. The van der Waals surface area contributed by atoms with Gasteiger partial charge in [0, 0.05) is 5.56 Å². The van der Waals surface area contributed by atoms with Crippen molar-refractivity contribution in [1.82, 2.24) is 5.32 Å². The minimum Gasteiger partial charge on any atom is -0.444 e. The summed E-state index contributed by atoms with van der Waals surface area (Å²) in [4.78, 5) is 23.4. The average Bonchev–Trinajstić information content (AvgIpc) is 2.23. The van der Waals surface area contributed by atoms with E-state index in [2.05, 4.69) is 5.32 Å². The van der Waals surface area contributed by atoms with Gasteiger partial charge in [0.2, 0.25) is 0 Å². The Bertz CT molecular complexity index is 487. The van der Waals surface area contributed by atoms with Gasteiger partial charge in [0.05, 0.1) is 6.54 Å². The number of nitrogens with one attached hydrogen (secondary N) is 1. The van der Waals surface area contributed by atoms with Gasteiger partial charge in [0.25, 0.3) is 0 Å². The number of hydrogen-bond acceptors (Lipinski definition) is 3. The number of amides is 1. The molecule has 1 amide bonds. The van der Waals surface area contributed by atoms with E-state index in [-0.39, 0.29) is 12.3 Å². The second-order valence-corrected chi connectivity index (χ2v) is 5.60. The minimum atomic E-state index is -0.578. The van der Waals surface area contributed by atoms with Gasteiger partial charge in [-0.3, -0.25) is 4.79 Å². The molecule has 0 unspecified atom stereocenters. The lowest BCUT2D eigenvalue weighted by Crippen LogP contribution is -2.35. The normalized spacial score (nSPS) is 11.0. The molecule has 0 saturated carbocycles. The molecule has 0 aliphatic carbocycles. The summed E-state index contributed by atoms with van der Waals surface area (Å²) in [6.07, 6.45) is -0.578. The topological polar surface area (TPSA) is 55.4 Å². The highest BCUT2D eigenvalue weighted by molar-refractivity contribution is 6.00. The second kappa shape index (κ2) is 5.87. The third kappa shape index (κ3) is 5.12. The lowest BCUT2D eigenvalue weighted by Gasteiger charge is -2.19. The highest BCUT2D eigenvalue weighted by atomic mass is 16.6. The Labute approximate surface area is 114 Å². The summed E-state index contributed by atoms with van der Waals surface area (Å²) in [7, 11) is 0. The van der Waals surface area contributed by atoms with Crippen molar-refractivity contribution in [1.29, 1.82) is 0 Å². The van der Waals surface area contributed by atoms with Gasteiger partial charge >= 0.3 is 6.09 Å². The standard InChI is InChI=1S/C15H21NO3/c1-10-6-7-12(11(2)8-10)13(17)9-16-14(18)19-15(3,4)5/h6-8H,9H2,1-5H3,(H,16,18). The number of carbonyl (C=O) groups excluding carboxylic acids is 2. The van der Waals surface area contributed by atoms with Crippen LogP contribution < -0.4 is 5.32 Å². The van der Waals surface area contributed by atoms with Crippen LogP contribution in [0.25, 0.3) is 0 Å². The first-order valence-corrected chi connectivity index (χ1v) is 6.26. The average molecular weight is 263 g/mol. The van der Waals surface area contributed by atoms with Crippen molar-refractivity contribution in [2.45, 2.75) is 40.2 Å². The number of hydrogen-bond donors (Lipinski definition) is 1. The molecule has 0 heterocycles. The van der Waals surface area contributed by atoms with E-state index >= 15 is 0 Å². The van der Waals surface area contributed by atoms with Gasteiger partial charge in [-0.1, -0.05) is 23.8 Å². The van der Waals surface area contributed by atoms with Gasteiger partial charge in [-0.25, -0.2) is 4.79 Å². The molecule has 104 valence electrons. The Balaban J connectivity index is 2.59. The van der Waals surface area contributed by atoms with E-state index in [1.54, 1.807) is 26.8 Å². The maximum Gasteiger partial charge on any atom is 0.408 e. The number of ketones is 1. The highest BCUT2D eigenvalue weighted by Crippen LogP contribution is 2.11. The number of carbonyl (C=O) groups is 2. The van der Waals surface area contributed by atoms with Crippen LogP contribution in [0.2, 0.25) is 0 Å². The zero-order chi connectivity index (χ0) is 14.6. The van der Waals surface area contributed by atoms with Crippen molar-refractivity contribution in [3.05, 3.63) is 34.9 Å². The van der Waals surface area contributed by atoms with Gasteiger partial charge < -0.3 is 10.1 Å². The number of benzene rings is 1.